The third kappa shape index (κ3) is 5.20. The lowest BCUT2D eigenvalue weighted by Crippen LogP contribution is -2.34. The summed E-state index contributed by atoms with van der Waals surface area (Å²) in [7, 11) is 1.89. The van der Waals surface area contributed by atoms with Gasteiger partial charge in [-0.05, 0) is 56.6 Å². The van der Waals surface area contributed by atoms with E-state index in [0.717, 1.165) is 53.1 Å². The minimum atomic E-state index is -0.561. The van der Waals surface area contributed by atoms with Crippen LogP contribution in [0.4, 0.5) is 0 Å². The molecule has 1 saturated heterocycles. The number of benzene rings is 1. The fraction of sp³-hybridized carbons (Fsp3) is 0.296. The Morgan fingerprint density at radius 2 is 2.03 bits per heavy atom. The number of nitrogens with zero attached hydrogens (tertiary/aromatic N) is 6. The minimum Gasteiger partial charge on any atom is -0.483 e. The molecule has 0 aliphatic carbocycles. The molecule has 0 saturated carbocycles. The van der Waals surface area contributed by atoms with Gasteiger partial charge in [0, 0.05) is 31.1 Å². The number of fused-ring (bicyclic) bond motifs is 1. The van der Waals surface area contributed by atoms with Crippen molar-refractivity contribution in [2.24, 2.45) is 12.8 Å². The van der Waals surface area contributed by atoms with Crippen LogP contribution in [-0.4, -0.2) is 54.4 Å². The Morgan fingerprint density at radius 3 is 2.79 bits per heavy atom. The molecule has 39 heavy (non-hydrogen) atoms. The van der Waals surface area contributed by atoms with Crippen molar-refractivity contribution >= 4 is 28.3 Å². The monoisotopic (exact) mass is 544 g/mol. The van der Waals surface area contributed by atoms with Crippen LogP contribution in [0.1, 0.15) is 41.2 Å². The summed E-state index contributed by atoms with van der Waals surface area (Å²) in [6, 6.07) is 9.96. The van der Waals surface area contributed by atoms with E-state index in [1.54, 1.807) is 23.3 Å². The van der Waals surface area contributed by atoms with Gasteiger partial charge in [0.15, 0.2) is 0 Å². The van der Waals surface area contributed by atoms with Crippen LogP contribution in [0.2, 0.25) is 0 Å². The van der Waals surface area contributed by atoms with Gasteiger partial charge in [-0.15, -0.1) is 11.3 Å². The lowest BCUT2D eigenvalue weighted by atomic mass is 10.1. The van der Waals surface area contributed by atoms with Gasteiger partial charge in [-0.3, -0.25) is 14.0 Å². The van der Waals surface area contributed by atoms with Crippen LogP contribution in [0.5, 0.6) is 11.8 Å². The third-order valence-corrected chi connectivity index (χ3v) is 7.80. The molecule has 0 spiro atoms. The SMILES string of the molecule is CC(Oc1cc(-n2cnc3cc(-c4cnn(C)c4)ccc32)sc1C(N)=O)c1ccnc(OC2CCNCC2)n1. The number of piperidine rings is 1. The van der Waals surface area contributed by atoms with E-state index >= 15 is 0 Å². The van der Waals surface area contributed by atoms with Gasteiger partial charge in [0.25, 0.3) is 5.91 Å². The Kier molecular flexibility index (Phi) is 6.71. The van der Waals surface area contributed by atoms with Crippen molar-refractivity contribution in [3.05, 3.63) is 65.8 Å². The second-order valence-corrected chi connectivity index (χ2v) is 10.5. The molecule has 0 bridgehead atoms. The lowest BCUT2D eigenvalue weighted by molar-refractivity contribution is 0.0997. The molecular weight excluding hydrogens is 516 g/mol. The number of rotatable bonds is 8. The quantitative estimate of drug-likeness (QED) is 0.302. The second-order valence-electron chi connectivity index (χ2n) is 9.45. The number of carbonyl (C=O) groups excluding carboxylic acids is 1. The van der Waals surface area contributed by atoms with Gasteiger partial charge in [0.2, 0.25) is 0 Å². The van der Waals surface area contributed by atoms with Crippen LogP contribution in [0.15, 0.2) is 55.2 Å². The highest BCUT2D eigenvalue weighted by atomic mass is 32.1. The van der Waals surface area contributed by atoms with E-state index in [2.05, 4.69) is 25.4 Å². The highest BCUT2D eigenvalue weighted by molar-refractivity contribution is 7.16. The largest absolute Gasteiger partial charge is 0.483 e. The molecule has 1 amide bonds. The number of hydrogen-bond acceptors (Lipinski definition) is 9. The lowest BCUT2D eigenvalue weighted by Gasteiger charge is -2.23. The van der Waals surface area contributed by atoms with Gasteiger partial charge in [0.05, 0.1) is 22.9 Å². The number of ether oxygens (including phenoxy) is 2. The zero-order valence-electron chi connectivity index (χ0n) is 21.6. The van der Waals surface area contributed by atoms with Crippen LogP contribution < -0.4 is 20.5 Å². The molecule has 1 unspecified atom stereocenters. The summed E-state index contributed by atoms with van der Waals surface area (Å²) >= 11 is 1.25. The Bertz CT molecular complexity index is 1640. The number of nitrogens with one attached hydrogen (secondary N) is 1. The average molecular weight is 545 g/mol. The van der Waals surface area contributed by atoms with Gasteiger partial charge >= 0.3 is 6.01 Å². The van der Waals surface area contributed by atoms with Gasteiger partial charge in [-0.25, -0.2) is 9.97 Å². The van der Waals surface area contributed by atoms with Crippen LogP contribution in [0.3, 0.4) is 0 Å². The summed E-state index contributed by atoms with van der Waals surface area (Å²) in [6.45, 7) is 3.70. The summed E-state index contributed by atoms with van der Waals surface area (Å²) in [6.07, 6.45) is 8.61. The number of aromatic nitrogens is 6. The maximum Gasteiger partial charge on any atom is 0.316 e. The van der Waals surface area contributed by atoms with Crippen LogP contribution in [0, 0.1) is 0 Å². The van der Waals surface area contributed by atoms with Crippen LogP contribution in [0.25, 0.3) is 27.2 Å². The Hall–Kier alpha value is -4.29. The van der Waals surface area contributed by atoms with E-state index in [-0.39, 0.29) is 6.10 Å². The van der Waals surface area contributed by atoms with Crippen LogP contribution >= 0.6 is 11.3 Å². The first-order chi connectivity index (χ1) is 18.9. The highest BCUT2D eigenvalue weighted by Gasteiger charge is 2.22. The first-order valence-electron chi connectivity index (χ1n) is 12.7. The molecule has 1 aliphatic heterocycles. The summed E-state index contributed by atoms with van der Waals surface area (Å²) < 4.78 is 15.9. The van der Waals surface area contributed by atoms with E-state index in [9.17, 15) is 4.79 Å². The Morgan fingerprint density at radius 1 is 1.18 bits per heavy atom. The van der Waals surface area contributed by atoms with Crippen molar-refractivity contribution in [2.45, 2.75) is 32.0 Å². The number of primary amides is 1. The standard InChI is InChI=1S/C27H28N8O3S/c1-16(20-7-10-30-27(33-20)38-19-5-8-29-9-6-19)37-23-12-24(39-25(23)26(28)36)35-15-31-21-11-17(3-4-22(21)35)18-13-32-34(2)14-18/h3-4,7,10-16,19,29H,5-6,8-9H2,1-2H3,(H2,28,36). The van der Waals surface area contributed by atoms with E-state index < -0.39 is 12.0 Å². The molecule has 11 nitrogen and oxygen atoms in total. The van der Waals surface area contributed by atoms with Crippen molar-refractivity contribution in [3.63, 3.8) is 0 Å². The van der Waals surface area contributed by atoms with Crippen molar-refractivity contribution < 1.29 is 14.3 Å². The highest BCUT2D eigenvalue weighted by Crippen LogP contribution is 2.36. The normalized spacial score (nSPS) is 14.9. The molecule has 6 rings (SSSR count). The molecule has 0 radical (unpaired) electrons. The Balaban J connectivity index is 1.25. The van der Waals surface area contributed by atoms with Crippen molar-refractivity contribution in [2.75, 3.05) is 13.1 Å². The maximum atomic E-state index is 12.3. The van der Waals surface area contributed by atoms with Gasteiger partial charge < -0.3 is 20.5 Å². The van der Waals surface area contributed by atoms with Gasteiger partial charge in [-0.1, -0.05) is 6.07 Å². The molecule has 1 fully saturated rings. The van der Waals surface area contributed by atoms with E-state index in [4.69, 9.17) is 15.2 Å². The first kappa shape index (κ1) is 25.0. The first-order valence-corrected chi connectivity index (χ1v) is 13.5. The number of imidazole rings is 1. The average Bonchev–Trinajstić information content (AvgIpc) is 3.67. The molecule has 200 valence electrons. The van der Waals surface area contributed by atoms with Crippen LogP contribution in [-0.2, 0) is 7.05 Å². The van der Waals surface area contributed by atoms with Crippen molar-refractivity contribution in [3.8, 4) is 27.9 Å². The van der Waals surface area contributed by atoms with Crippen molar-refractivity contribution in [1.82, 2.24) is 34.6 Å². The number of hydrogen-bond donors (Lipinski definition) is 2. The van der Waals surface area contributed by atoms with Gasteiger partial charge in [-0.2, -0.15) is 10.1 Å². The summed E-state index contributed by atoms with van der Waals surface area (Å²) in [4.78, 5) is 26.1. The molecule has 12 heteroatoms. The Labute approximate surface area is 228 Å². The summed E-state index contributed by atoms with van der Waals surface area (Å²) in [5.74, 6) is -0.169. The van der Waals surface area contributed by atoms with E-state index in [1.165, 1.54) is 11.3 Å². The predicted octanol–water partition coefficient (Wildman–Crippen LogP) is 3.65. The van der Waals surface area contributed by atoms with Crippen molar-refractivity contribution in [1.29, 1.82) is 0 Å². The predicted molar refractivity (Wildman–Crippen MR) is 147 cm³/mol. The molecule has 5 aromatic rings. The molecular formula is C27H28N8O3S. The summed E-state index contributed by atoms with van der Waals surface area (Å²) in [5.41, 5.74) is 10.1. The van der Waals surface area contributed by atoms with E-state index in [0.29, 0.717) is 22.3 Å². The smallest absolute Gasteiger partial charge is 0.316 e. The molecule has 1 aliphatic rings. The number of amides is 1. The van der Waals surface area contributed by atoms with E-state index in [1.807, 2.05) is 55.2 Å². The zero-order chi connectivity index (χ0) is 26.9. The zero-order valence-corrected chi connectivity index (χ0v) is 22.4. The number of carbonyl (C=O) groups is 1. The minimum absolute atomic E-state index is 0.0871. The fourth-order valence-electron chi connectivity index (χ4n) is 4.63. The fourth-order valence-corrected chi connectivity index (χ4v) is 5.56. The van der Waals surface area contributed by atoms with Gasteiger partial charge in [0.1, 0.15) is 34.2 Å². The summed E-state index contributed by atoms with van der Waals surface area (Å²) in [5, 5.41) is 8.33. The second kappa shape index (κ2) is 10.5. The maximum absolute atomic E-state index is 12.3. The molecule has 4 aromatic heterocycles. The molecule has 5 heterocycles. The number of nitrogens with two attached hydrogens (primary N) is 1. The molecule has 3 N–H and O–H groups in total. The molecule has 1 aromatic carbocycles. The third-order valence-electron chi connectivity index (χ3n) is 6.67. The topological polar surface area (TPSA) is 135 Å². The number of thiophene rings is 1. The molecule has 1 atom stereocenters. The number of aryl methyl sites for hydroxylation is 1.